The van der Waals surface area contributed by atoms with Crippen LogP contribution in [0.25, 0.3) is 0 Å². The largest absolute Gasteiger partial charge is 0.374 e. The van der Waals surface area contributed by atoms with E-state index in [0.717, 1.165) is 19.4 Å². The Bertz CT molecular complexity index is 286. The van der Waals surface area contributed by atoms with Gasteiger partial charge in [-0.15, -0.1) is 0 Å². The summed E-state index contributed by atoms with van der Waals surface area (Å²) in [6.07, 6.45) is 3.70. The molecule has 4 heteroatoms. The predicted molar refractivity (Wildman–Crippen MR) is 66.8 cm³/mol. The molecule has 2 rings (SSSR count). The summed E-state index contributed by atoms with van der Waals surface area (Å²) in [7, 11) is 0. The molecule has 2 aliphatic rings. The van der Waals surface area contributed by atoms with E-state index in [1.807, 2.05) is 4.90 Å². The number of nitrogens with one attached hydrogen (secondary N) is 1. The third-order valence-corrected chi connectivity index (χ3v) is 3.57. The van der Waals surface area contributed by atoms with Crippen molar-refractivity contribution in [3.63, 3.8) is 0 Å². The molecule has 0 aromatic heterocycles. The fourth-order valence-corrected chi connectivity index (χ4v) is 2.68. The summed E-state index contributed by atoms with van der Waals surface area (Å²) in [6, 6.07) is 0.331. The number of amides is 1. The first-order valence-electron chi connectivity index (χ1n) is 6.63. The molecule has 0 radical (unpaired) electrons. The van der Waals surface area contributed by atoms with Gasteiger partial charge in [-0.25, -0.2) is 0 Å². The van der Waals surface area contributed by atoms with Crippen molar-refractivity contribution in [2.45, 2.75) is 57.7 Å². The molecule has 1 saturated heterocycles. The molecule has 1 saturated carbocycles. The minimum absolute atomic E-state index is 0.00295. The van der Waals surface area contributed by atoms with E-state index in [-0.39, 0.29) is 11.4 Å². The molecule has 1 aliphatic heterocycles. The van der Waals surface area contributed by atoms with Gasteiger partial charge in [0.2, 0.25) is 5.91 Å². The highest BCUT2D eigenvalue weighted by atomic mass is 16.5. The smallest absolute Gasteiger partial charge is 0.236 e. The maximum absolute atomic E-state index is 12.2. The standard InChI is InChI=1S/C13H24N2O2/c1-13(2,3)14-9-12(16)15-7-8-17-11-6-4-5-10(11)15/h10-11,14H,4-9H2,1-3H3. The number of rotatable bonds is 2. The van der Waals surface area contributed by atoms with E-state index in [9.17, 15) is 4.79 Å². The molecule has 0 spiro atoms. The number of morpholine rings is 1. The summed E-state index contributed by atoms with van der Waals surface area (Å²) in [5.41, 5.74) is -0.00295. The van der Waals surface area contributed by atoms with E-state index in [1.54, 1.807) is 0 Å². The van der Waals surface area contributed by atoms with Gasteiger partial charge in [-0.3, -0.25) is 4.79 Å². The van der Waals surface area contributed by atoms with Crippen molar-refractivity contribution < 1.29 is 9.53 Å². The van der Waals surface area contributed by atoms with Crippen molar-refractivity contribution >= 4 is 5.91 Å². The van der Waals surface area contributed by atoms with Crippen LogP contribution in [0.5, 0.6) is 0 Å². The van der Waals surface area contributed by atoms with Crippen LogP contribution in [0, 0.1) is 0 Å². The molecule has 17 heavy (non-hydrogen) atoms. The highest BCUT2D eigenvalue weighted by molar-refractivity contribution is 5.79. The Labute approximate surface area is 104 Å². The third-order valence-electron chi connectivity index (χ3n) is 3.57. The molecule has 0 aromatic carbocycles. The Morgan fingerprint density at radius 1 is 1.41 bits per heavy atom. The SMILES string of the molecule is CC(C)(C)NCC(=O)N1CCOC2CCCC21. The Morgan fingerprint density at radius 3 is 2.88 bits per heavy atom. The quantitative estimate of drug-likeness (QED) is 0.787. The topological polar surface area (TPSA) is 41.6 Å². The van der Waals surface area contributed by atoms with E-state index in [0.29, 0.717) is 25.3 Å². The normalized spacial score (nSPS) is 29.2. The molecule has 1 N–H and O–H groups in total. The van der Waals surface area contributed by atoms with E-state index >= 15 is 0 Å². The fourth-order valence-electron chi connectivity index (χ4n) is 2.68. The monoisotopic (exact) mass is 240 g/mol. The summed E-state index contributed by atoms with van der Waals surface area (Å²) < 4.78 is 5.71. The van der Waals surface area contributed by atoms with Gasteiger partial charge in [-0.05, 0) is 40.0 Å². The lowest BCUT2D eigenvalue weighted by atomic mass is 10.1. The predicted octanol–water partition coefficient (Wildman–Crippen LogP) is 1.15. The Morgan fingerprint density at radius 2 is 2.18 bits per heavy atom. The summed E-state index contributed by atoms with van der Waals surface area (Å²) in [5.74, 6) is 0.222. The molecule has 2 atom stereocenters. The van der Waals surface area contributed by atoms with Gasteiger partial charge in [0, 0.05) is 12.1 Å². The molecule has 98 valence electrons. The van der Waals surface area contributed by atoms with Crippen molar-refractivity contribution in [3.8, 4) is 0 Å². The number of carbonyl (C=O) groups excluding carboxylic acids is 1. The number of hydrogen-bond acceptors (Lipinski definition) is 3. The Kier molecular flexibility index (Phi) is 3.73. The van der Waals surface area contributed by atoms with Crippen molar-refractivity contribution in [1.29, 1.82) is 0 Å². The molecular formula is C13H24N2O2. The lowest BCUT2D eigenvalue weighted by Crippen LogP contribution is -2.54. The fraction of sp³-hybridized carbons (Fsp3) is 0.923. The molecule has 1 heterocycles. The first kappa shape index (κ1) is 12.8. The van der Waals surface area contributed by atoms with E-state index in [4.69, 9.17) is 4.74 Å². The first-order chi connectivity index (χ1) is 7.97. The van der Waals surface area contributed by atoms with Gasteiger partial charge in [0.15, 0.2) is 0 Å². The van der Waals surface area contributed by atoms with Crippen LogP contribution in [0.1, 0.15) is 40.0 Å². The van der Waals surface area contributed by atoms with Crippen LogP contribution in [0.3, 0.4) is 0 Å². The van der Waals surface area contributed by atoms with Gasteiger partial charge in [0.1, 0.15) is 0 Å². The summed E-state index contributed by atoms with van der Waals surface area (Å²) in [4.78, 5) is 14.2. The van der Waals surface area contributed by atoms with Crippen LogP contribution in [0.2, 0.25) is 0 Å². The molecular weight excluding hydrogens is 216 g/mol. The summed E-state index contributed by atoms with van der Waals surface area (Å²) >= 11 is 0. The van der Waals surface area contributed by atoms with Gasteiger partial charge in [-0.1, -0.05) is 0 Å². The zero-order valence-corrected chi connectivity index (χ0v) is 11.2. The van der Waals surface area contributed by atoms with Crippen molar-refractivity contribution in [1.82, 2.24) is 10.2 Å². The molecule has 4 nitrogen and oxygen atoms in total. The highest BCUT2D eigenvalue weighted by Crippen LogP contribution is 2.29. The maximum atomic E-state index is 12.2. The average Bonchev–Trinajstić information content (AvgIpc) is 2.72. The zero-order chi connectivity index (χ0) is 12.5. The van der Waals surface area contributed by atoms with E-state index in [2.05, 4.69) is 26.1 Å². The van der Waals surface area contributed by atoms with Crippen LogP contribution in [0.15, 0.2) is 0 Å². The minimum atomic E-state index is -0.00295. The Hall–Kier alpha value is -0.610. The molecule has 1 aliphatic carbocycles. The van der Waals surface area contributed by atoms with Crippen molar-refractivity contribution in [2.24, 2.45) is 0 Å². The lowest BCUT2D eigenvalue weighted by molar-refractivity contribution is -0.143. The second-order valence-corrected chi connectivity index (χ2v) is 6.10. The molecule has 2 unspecified atom stereocenters. The number of ether oxygens (including phenoxy) is 1. The van der Waals surface area contributed by atoms with Crippen molar-refractivity contribution in [2.75, 3.05) is 19.7 Å². The van der Waals surface area contributed by atoms with Gasteiger partial charge >= 0.3 is 0 Å². The van der Waals surface area contributed by atoms with Crippen LogP contribution < -0.4 is 5.32 Å². The van der Waals surface area contributed by atoms with Crippen molar-refractivity contribution in [3.05, 3.63) is 0 Å². The number of fused-ring (bicyclic) bond motifs is 1. The minimum Gasteiger partial charge on any atom is -0.374 e. The number of carbonyl (C=O) groups is 1. The van der Waals surface area contributed by atoms with Gasteiger partial charge in [-0.2, -0.15) is 0 Å². The molecule has 0 aromatic rings. The average molecular weight is 240 g/mol. The van der Waals surface area contributed by atoms with E-state index in [1.165, 1.54) is 6.42 Å². The van der Waals surface area contributed by atoms with Crippen LogP contribution in [-0.4, -0.2) is 48.2 Å². The molecule has 0 bridgehead atoms. The summed E-state index contributed by atoms with van der Waals surface area (Å²) in [6.45, 7) is 8.13. The molecule has 2 fully saturated rings. The first-order valence-corrected chi connectivity index (χ1v) is 6.63. The van der Waals surface area contributed by atoms with Crippen LogP contribution in [-0.2, 0) is 9.53 Å². The third kappa shape index (κ3) is 3.19. The Balaban J connectivity index is 1.90. The zero-order valence-electron chi connectivity index (χ0n) is 11.2. The number of hydrogen-bond donors (Lipinski definition) is 1. The van der Waals surface area contributed by atoms with Crippen LogP contribution >= 0.6 is 0 Å². The molecule has 1 amide bonds. The number of nitrogens with zero attached hydrogens (tertiary/aromatic N) is 1. The summed E-state index contributed by atoms with van der Waals surface area (Å²) in [5, 5.41) is 3.27. The van der Waals surface area contributed by atoms with E-state index < -0.39 is 0 Å². The van der Waals surface area contributed by atoms with Gasteiger partial charge in [0.25, 0.3) is 0 Å². The second kappa shape index (κ2) is 4.94. The van der Waals surface area contributed by atoms with Gasteiger partial charge in [0.05, 0.1) is 25.3 Å². The van der Waals surface area contributed by atoms with Gasteiger partial charge < -0.3 is 15.0 Å². The highest BCUT2D eigenvalue weighted by Gasteiger charge is 2.38. The maximum Gasteiger partial charge on any atom is 0.236 e. The lowest BCUT2D eigenvalue weighted by Gasteiger charge is -2.38. The second-order valence-electron chi connectivity index (χ2n) is 6.10. The van der Waals surface area contributed by atoms with Crippen LogP contribution in [0.4, 0.5) is 0 Å².